The van der Waals surface area contributed by atoms with Gasteiger partial charge >= 0.3 is 0 Å². The van der Waals surface area contributed by atoms with E-state index >= 15 is 0 Å². The second-order valence-corrected chi connectivity index (χ2v) is 6.21. The molecule has 132 valence electrons. The summed E-state index contributed by atoms with van der Waals surface area (Å²) in [4.78, 5) is 20.5. The molecule has 2 heterocycles. The van der Waals surface area contributed by atoms with Crippen LogP contribution in [0.1, 0.15) is 21.5 Å². The molecule has 0 aliphatic heterocycles. The Balaban J connectivity index is 1.53. The third-order valence-corrected chi connectivity index (χ3v) is 4.07. The number of rotatable bonds is 7. The van der Waals surface area contributed by atoms with Crippen LogP contribution in [0.4, 0.5) is 5.82 Å². The van der Waals surface area contributed by atoms with Crippen molar-refractivity contribution >= 4 is 23.3 Å². The molecule has 26 heavy (non-hydrogen) atoms. The highest BCUT2D eigenvalue weighted by atomic mass is 35.5. The summed E-state index contributed by atoms with van der Waals surface area (Å²) in [5, 5.41) is 6.86. The molecule has 2 N–H and O–H groups in total. The van der Waals surface area contributed by atoms with Crippen LogP contribution in [0.25, 0.3) is 0 Å². The molecule has 0 aliphatic carbocycles. The number of hydrogen-bond acceptors (Lipinski definition) is 4. The summed E-state index contributed by atoms with van der Waals surface area (Å²) in [5.41, 5.74) is 2.72. The van der Waals surface area contributed by atoms with Crippen LogP contribution in [-0.2, 0) is 13.0 Å². The highest BCUT2D eigenvalue weighted by Crippen LogP contribution is 2.12. The van der Waals surface area contributed by atoms with Gasteiger partial charge in [-0.05, 0) is 53.9 Å². The molecule has 2 aromatic heterocycles. The molecule has 0 spiro atoms. The van der Waals surface area contributed by atoms with E-state index in [1.807, 2.05) is 36.4 Å². The molecule has 1 amide bonds. The van der Waals surface area contributed by atoms with Gasteiger partial charge in [0, 0.05) is 42.3 Å². The number of halogens is 1. The van der Waals surface area contributed by atoms with E-state index in [4.69, 9.17) is 11.6 Å². The zero-order chi connectivity index (χ0) is 18.2. The predicted octanol–water partition coefficient (Wildman–Crippen LogP) is 3.71. The Morgan fingerprint density at radius 2 is 1.85 bits per heavy atom. The summed E-state index contributed by atoms with van der Waals surface area (Å²) in [7, 11) is 0. The van der Waals surface area contributed by atoms with E-state index in [1.165, 1.54) is 0 Å². The number of nitrogens with one attached hydrogen (secondary N) is 2. The molecule has 6 heteroatoms. The van der Waals surface area contributed by atoms with E-state index in [-0.39, 0.29) is 5.91 Å². The molecule has 0 unspecified atom stereocenters. The van der Waals surface area contributed by atoms with Gasteiger partial charge in [0.05, 0.1) is 0 Å². The van der Waals surface area contributed by atoms with E-state index in [0.717, 1.165) is 22.6 Å². The van der Waals surface area contributed by atoms with Crippen molar-refractivity contribution in [2.45, 2.75) is 13.0 Å². The maximum Gasteiger partial charge on any atom is 0.251 e. The Labute approximate surface area is 157 Å². The minimum Gasteiger partial charge on any atom is -0.370 e. The molecule has 0 atom stereocenters. The molecule has 0 saturated carbocycles. The smallest absolute Gasteiger partial charge is 0.251 e. The minimum absolute atomic E-state index is 0.137. The van der Waals surface area contributed by atoms with Crippen molar-refractivity contribution in [2.24, 2.45) is 0 Å². The van der Waals surface area contributed by atoms with Crippen molar-refractivity contribution in [2.75, 3.05) is 11.9 Å². The van der Waals surface area contributed by atoms with Gasteiger partial charge in [-0.2, -0.15) is 0 Å². The van der Waals surface area contributed by atoms with Crippen molar-refractivity contribution in [1.82, 2.24) is 15.3 Å². The number of aromatic nitrogens is 2. The molecule has 0 aliphatic rings. The summed E-state index contributed by atoms with van der Waals surface area (Å²) >= 11 is 5.99. The van der Waals surface area contributed by atoms with E-state index in [9.17, 15) is 4.79 Å². The van der Waals surface area contributed by atoms with Crippen molar-refractivity contribution in [3.8, 4) is 0 Å². The van der Waals surface area contributed by atoms with Crippen LogP contribution >= 0.6 is 11.6 Å². The molecule has 3 rings (SSSR count). The fourth-order valence-electron chi connectivity index (χ4n) is 2.48. The Morgan fingerprint density at radius 3 is 2.65 bits per heavy atom. The van der Waals surface area contributed by atoms with Gasteiger partial charge in [0.2, 0.25) is 0 Å². The summed E-state index contributed by atoms with van der Waals surface area (Å²) in [6.07, 6.45) is 5.86. The van der Waals surface area contributed by atoms with Crippen molar-refractivity contribution in [3.63, 3.8) is 0 Å². The summed E-state index contributed by atoms with van der Waals surface area (Å²) in [6, 6.07) is 15.0. The topological polar surface area (TPSA) is 66.9 Å². The molecule has 0 radical (unpaired) electrons. The van der Waals surface area contributed by atoms with Crippen LogP contribution in [0.2, 0.25) is 5.02 Å². The van der Waals surface area contributed by atoms with Crippen LogP contribution < -0.4 is 10.6 Å². The maximum atomic E-state index is 12.3. The highest BCUT2D eigenvalue weighted by Gasteiger charge is 2.07. The Kier molecular flexibility index (Phi) is 6.17. The van der Waals surface area contributed by atoms with E-state index in [1.54, 1.807) is 30.7 Å². The average Bonchev–Trinajstić information content (AvgIpc) is 2.67. The van der Waals surface area contributed by atoms with Crippen LogP contribution in [0.3, 0.4) is 0 Å². The SMILES string of the molecule is O=C(NCc1ccncc1)c1ccnc(NCCc2cccc(Cl)c2)c1. The van der Waals surface area contributed by atoms with Gasteiger partial charge in [-0.1, -0.05) is 23.7 Å². The first-order valence-corrected chi connectivity index (χ1v) is 8.70. The van der Waals surface area contributed by atoms with Gasteiger partial charge in [0.1, 0.15) is 5.82 Å². The van der Waals surface area contributed by atoms with Gasteiger partial charge in [0.25, 0.3) is 5.91 Å². The molecule has 1 aromatic carbocycles. The number of carbonyl (C=O) groups excluding carboxylic acids is 1. The lowest BCUT2D eigenvalue weighted by Gasteiger charge is -2.09. The van der Waals surface area contributed by atoms with Crippen LogP contribution in [0.15, 0.2) is 67.1 Å². The van der Waals surface area contributed by atoms with Crippen molar-refractivity contribution in [1.29, 1.82) is 0 Å². The third kappa shape index (κ3) is 5.29. The molecule has 5 nitrogen and oxygen atoms in total. The number of anilines is 1. The second-order valence-electron chi connectivity index (χ2n) is 5.77. The number of pyridine rings is 2. The first-order chi connectivity index (χ1) is 12.7. The summed E-state index contributed by atoms with van der Waals surface area (Å²) in [6.45, 7) is 1.16. The number of hydrogen-bond donors (Lipinski definition) is 2. The zero-order valence-corrected chi connectivity index (χ0v) is 14.9. The standard InChI is InChI=1S/C20H19ClN4O/c21-18-3-1-2-15(12-18)6-10-23-19-13-17(7-11-24-19)20(26)25-14-16-4-8-22-9-5-16/h1-5,7-9,11-13H,6,10,14H2,(H,23,24)(H,25,26). The Morgan fingerprint density at radius 1 is 1.00 bits per heavy atom. The molecule has 0 fully saturated rings. The predicted molar refractivity (Wildman–Crippen MR) is 103 cm³/mol. The highest BCUT2D eigenvalue weighted by molar-refractivity contribution is 6.30. The molecule has 0 bridgehead atoms. The van der Waals surface area contributed by atoms with Gasteiger partial charge in [-0.15, -0.1) is 0 Å². The molecule has 0 saturated heterocycles. The van der Waals surface area contributed by atoms with E-state index < -0.39 is 0 Å². The second kappa shape index (κ2) is 8.97. The Bertz CT molecular complexity index is 870. The number of benzene rings is 1. The fraction of sp³-hybridized carbons (Fsp3) is 0.150. The summed E-state index contributed by atoms with van der Waals surface area (Å²) < 4.78 is 0. The maximum absolute atomic E-state index is 12.3. The largest absolute Gasteiger partial charge is 0.370 e. The Hall–Kier alpha value is -2.92. The number of amides is 1. The van der Waals surface area contributed by atoms with Gasteiger partial charge in [0.15, 0.2) is 0 Å². The summed E-state index contributed by atoms with van der Waals surface area (Å²) in [5.74, 6) is 0.533. The first kappa shape index (κ1) is 17.9. The van der Waals surface area contributed by atoms with Gasteiger partial charge in [-0.25, -0.2) is 4.98 Å². The molecular formula is C20H19ClN4O. The average molecular weight is 367 g/mol. The lowest BCUT2D eigenvalue weighted by Crippen LogP contribution is -2.23. The first-order valence-electron chi connectivity index (χ1n) is 8.32. The third-order valence-electron chi connectivity index (χ3n) is 3.83. The lowest BCUT2D eigenvalue weighted by atomic mass is 10.1. The van der Waals surface area contributed by atoms with Gasteiger partial charge in [-0.3, -0.25) is 9.78 Å². The quantitative estimate of drug-likeness (QED) is 0.668. The molecule has 3 aromatic rings. The molecular weight excluding hydrogens is 348 g/mol. The minimum atomic E-state index is -0.137. The zero-order valence-electron chi connectivity index (χ0n) is 14.2. The van der Waals surface area contributed by atoms with E-state index in [2.05, 4.69) is 20.6 Å². The monoisotopic (exact) mass is 366 g/mol. The van der Waals surface area contributed by atoms with Crippen LogP contribution in [-0.4, -0.2) is 22.4 Å². The van der Waals surface area contributed by atoms with Gasteiger partial charge < -0.3 is 10.6 Å². The van der Waals surface area contributed by atoms with E-state index in [0.29, 0.717) is 24.5 Å². The fourth-order valence-corrected chi connectivity index (χ4v) is 2.69. The normalized spacial score (nSPS) is 10.3. The number of carbonyl (C=O) groups is 1. The van der Waals surface area contributed by atoms with Crippen molar-refractivity contribution in [3.05, 3.63) is 88.8 Å². The van der Waals surface area contributed by atoms with Crippen LogP contribution in [0, 0.1) is 0 Å². The number of nitrogens with zero attached hydrogens (tertiary/aromatic N) is 2. The lowest BCUT2D eigenvalue weighted by molar-refractivity contribution is 0.0951. The van der Waals surface area contributed by atoms with Crippen LogP contribution in [0.5, 0.6) is 0 Å². The van der Waals surface area contributed by atoms with Crippen molar-refractivity contribution < 1.29 is 4.79 Å².